The van der Waals surface area contributed by atoms with Gasteiger partial charge in [-0.25, -0.2) is 9.79 Å². The lowest BCUT2D eigenvalue weighted by molar-refractivity contribution is -0.384. The summed E-state index contributed by atoms with van der Waals surface area (Å²) in [6.45, 7) is 3.88. The van der Waals surface area contributed by atoms with Crippen LogP contribution in [0.15, 0.2) is 47.1 Å². The summed E-state index contributed by atoms with van der Waals surface area (Å²) in [5.74, 6) is -0.672. The van der Waals surface area contributed by atoms with Crippen molar-refractivity contribution >= 4 is 35.2 Å². The Hall–Kier alpha value is -2.99. The van der Waals surface area contributed by atoms with Gasteiger partial charge >= 0.3 is 5.97 Å². The zero-order valence-corrected chi connectivity index (χ0v) is 14.2. The van der Waals surface area contributed by atoms with Crippen molar-refractivity contribution in [1.82, 2.24) is 0 Å². The number of rotatable bonds is 3. The predicted octanol–water partition coefficient (Wildman–Crippen LogP) is 4.21. The number of aliphatic imine (C=N–C) groups is 1. The van der Waals surface area contributed by atoms with Crippen LogP contribution in [0.5, 0.6) is 0 Å². The Balaban J connectivity index is 2.04. The van der Waals surface area contributed by atoms with Crippen LogP contribution in [-0.4, -0.2) is 16.8 Å². The van der Waals surface area contributed by atoms with Crippen molar-refractivity contribution in [3.63, 3.8) is 0 Å². The van der Waals surface area contributed by atoms with E-state index < -0.39 is 10.9 Å². The van der Waals surface area contributed by atoms with Crippen LogP contribution in [-0.2, 0) is 9.53 Å². The molecule has 0 bridgehead atoms. The molecule has 1 heterocycles. The molecule has 0 fully saturated rings. The van der Waals surface area contributed by atoms with Crippen molar-refractivity contribution in [2.75, 3.05) is 0 Å². The first-order valence-electron chi connectivity index (χ1n) is 7.39. The molecule has 0 spiro atoms. The smallest absolute Gasteiger partial charge is 0.363 e. The van der Waals surface area contributed by atoms with Gasteiger partial charge in [0.1, 0.15) is 0 Å². The van der Waals surface area contributed by atoms with Crippen LogP contribution in [0.4, 0.5) is 5.69 Å². The van der Waals surface area contributed by atoms with Gasteiger partial charge in [0.15, 0.2) is 5.70 Å². The Labute approximate surface area is 148 Å². The molecule has 0 saturated carbocycles. The van der Waals surface area contributed by atoms with Crippen LogP contribution < -0.4 is 0 Å². The monoisotopic (exact) mass is 356 g/mol. The van der Waals surface area contributed by atoms with Gasteiger partial charge in [-0.15, -0.1) is 0 Å². The van der Waals surface area contributed by atoms with Gasteiger partial charge in [0, 0.05) is 12.1 Å². The molecule has 1 aliphatic heterocycles. The zero-order chi connectivity index (χ0) is 18.1. The van der Waals surface area contributed by atoms with E-state index in [-0.39, 0.29) is 27.9 Å². The predicted molar refractivity (Wildman–Crippen MR) is 94.6 cm³/mol. The summed E-state index contributed by atoms with van der Waals surface area (Å²) >= 11 is 6.07. The van der Waals surface area contributed by atoms with Gasteiger partial charge in [-0.3, -0.25) is 10.1 Å². The third-order valence-electron chi connectivity index (χ3n) is 3.74. The molecule has 25 heavy (non-hydrogen) atoms. The molecule has 1 aliphatic rings. The minimum absolute atomic E-state index is 0.0461. The average molecular weight is 357 g/mol. The maximum absolute atomic E-state index is 12.1. The highest BCUT2D eigenvalue weighted by Crippen LogP contribution is 2.27. The van der Waals surface area contributed by atoms with Crippen molar-refractivity contribution in [2.24, 2.45) is 4.99 Å². The van der Waals surface area contributed by atoms with Crippen LogP contribution in [0.2, 0.25) is 5.02 Å². The highest BCUT2D eigenvalue weighted by molar-refractivity contribution is 6.34. The molecule has 0 radical (unpaired) electrons. The van der Waals surface area contributed by atoms with Crippen LogP contribution in [0.1, 0.15) is 22.3 Å². The first kappa shape index (κ1) is 16.9. The van der Waals surface area contributed by atoms with Crippen molar-refractivity contribution < 1.29 is 14.5 Å². The first-order valence-corrected chi connectivity index (χ1v) is 7.77. The fourth-order valence-electron chi connectivity index (χ4n) is 2.38. The molecule has 0 aliphatic carbocycles. The Morgan fingerprint density at radius 2 is 1.96 bits per heavy atom. The molecule has 0 atom stereocenters. The Morgan fingerprint density at radius 3 is 2.68 bits per heavy atom. The van der Waals surface area contributed by atoms with Crippen LogP contribution in [0, 0.1) is 24.0 Å². The molecule has 0 aromatic heterocycles. The second kappa shape index (κ2) is 6.49. The minimum atomic E-state index is -0.626. The topological polar surface area (TPSA) is 81.8 Å². The number of ether oxygens (including phenoxy) is 1. The number of non-ortho nitro benzene ring substituents is 1. The first-order chi connectivity index (χ1) is 11.8. The highest BCUT2D eigenvalue weighted by atomic mass is 35.5. The van der Waals surface area contributed by atoms with Gasteiger partial charge in [0.25, 0.3) is 5.69 Å². The van der Waals surface area contributed by atoms with E-state index in [0.29, 0.717) is 0 Å². The number of halogens is 1. The second-order valence-corrected chi connectivity index (χ2v) is 6.02. The van der Waals surface area contributed by atoms with Crippen molar-refractivity contribution in [2.45, 2.75) is 13.8 Å². The Bertz CT molecular complexity index is 964. The van der Waals surface area contributed by atoms with Crippen molar-refractivity contribution in [1.29, 1.82) is 0 Å². The van der Waals surface area contributed by atoms with Gasteiger partial charge in [-0.05, 0) is 37.1 Å². The highest BCUT2D eigenvalue weighted by Gasteiger charge is 2.27. The van der Waals surface area contributed by atoms with Gasteiger partial charge in [-0.1, -0.05) is 35.4 Å². The van der Waals surface area contributed by atoms with E-state index in [9.17, 15) is 14.9 Å². The summed E-state index contributed by atoms with van der Waals surface area (Å²) in [6.07, 6.45) is 1.63. The fourth-order valence-corrected chi connectivity index (χ4v) is 2.58. The van der Waals surface area contributed by atoms with Gasteiger partial charge in [0.2, 0.25) is 5.90 Å². The summed E-state index contributed by atoms with van der Waals surface area (Å²) < 4.78 is 5.15. The van der Waals surface area contributed by atoms with E-state index in [4.69, 9.17) is 16.3 Å². The third-order valence-corrected chi connectivity index (χ3v) is 4.07. The van der Waals surface area contributed by atoms with Crippen LogP contribution >= 0.6 is 11.6 Å². The summed E-state index contributed by atoms with van der Waals surface area (Å²) in [5, 5.41) is 11.1. The fraction of sp³-hybridized carbons (Fsp3) is 0.111. The van der Waals surface area contributed by atoms with Crippen molar-refractivity contribution in [3.05, 3.63) is 79.5 Å². The molecule has 0 saturated heterocycles. The molecule has 2 aromatic rings. The molecule has 0 N–H and O–H groups in total. The molecular weight excluding hydrogens is 344 g/mol. The molecule has 0 amide bonds. The standard InChI is InChI=1S/C18H13ClN2O4/c1-10-3-4-11(2)12(7-10)8-16-18(22)25-17(20-16)14-9-13(21(23)24)5-6-15(14)19/h3-9H,1-2H3/b16-8-. The summed E-state index contributed by atoms with van der Waals surface area (Å²) in [5.41, 5.74) is 3.05. The van der Waals surface area contributed by atoms with E-state index in [0.717, 1.165) is 16.7 Å². The number of nitro benzene ring substituents is 1. The number of aryl methyl sites for hydroxylation is 2. The molecule has 7 heteroatoms. The van der Waals surface area contributed by atoms with E-state index >= 15 is 0 Å². The SMILES string of the molecule is Cc1ccc(C)c(/C=C2\N=C(c3cc([N+](=O)[O-])ccc3Cl)OC2=O)c1. The molecule has 126 valence electrons. The van der Waals surface area contributed by atoms with Crippen LogP contribution in [0.3, 0.4) is 0 Å². The molecule has 6 nitrogen and oxygen atoms in total. The number of nitro groups is 1. The lowest BCUT2D eigenvalue weighted by atomic mass is 10.0. The lowest BCUT2D eigenvalue weighted by Gasteiger charge is -2.02. The molecular formula is C18H13ClN2O4. The third kappa shape index (κ3) is 3.44. The number of hydrogen-bond donors (Lipinski definition) is 0. The maximum Gasteiger partial charge on any atom is 0.363 e. The number of cyclic esters (lactones) is 1. The lowest BCUT2D eigenvalue weighted by Crippen LogP contribution is -2.06. The van der Waals surface area contributed by atoms with E-state index in [1.807, 2.05) is 32.0 Å². The number of esters is 1. The number of carbonyl (C=O) groups is 1. The zero-order valence-electron chi connectivity index (χ0n) is 13.4. The Morgan fingerprint density at radius 1 is 1.20 bits per heavy atom. The quantitative estimate of drug-likeness (QED) is 0.357. The van der Waals surface area contributed by atoms with E-state index in [1.165, 1.54) is 18.2 Å². The van der Waals surface area contributed by atoms with Crippen LogP contribution in [0.25, 0.3) is 6.08 Å². The van der Waals surface area contributed by atoms with E-state index in [1.54, 1.807) is 6.08 Å². The minimum Gasteiger partial charge on any atom is -0.402 e. The van der Waals surface area contributed by atoms with Gasteiger partial charge in [0.05, 0.1) is 15.5 Å². The summed E-state index contributed by atoms with van der Waals surface area (Å²) in [6, 6.07) is 9.73. The molecule has 0 unspecified atom stereocenters. The Kier molecular flexibility index (Phi) is 4.37. The number of carbonyl (C=O) groups excluding carboxylic acids is 1. The number of benzene rings is 2. The second-order valence-electron chi connectivity index (χ2n) is 5.62. The maximum atomic E-state index is 12.1. The molecule has 3 rings (SSSR count). The average Bonchev–Trinajstić information content (AvgIpc) is 2.92. The summed E-state index contributed by atoms with van der Waals surface area (Å²) in [4.78, 5) is 26.6. The normalized spacial score (nSPS) is 15.2. The van der Waals surface area contributed by atoms with Crippen molar-refractivity contribution in [3.8, 4) is 0 Å². The largest absolute Gasteiger partial charge is 0.402 e. The van der Waals surface area contributed by atoms with E-state index in [2.05, 4.69) is 4.99 Å². The van der Waals surface area contributed by atoms with Gasteiger partial charge < -0.3 is 4.74 Å². The van der Waals surface area contributed by atoms with Gasteiger partial charge in [-0.2, -0.15) is 0 Å². The number of hydrogen-bond acceptors (Lipinski definition) is 5. The summed E-state index contributed by atoms with van der Waals surface area (Å²) in [7, 11) is 0. The molecule has 2 aromatic carbocycles. The number of nitrogens with zero attached hydrogens (tertiary/aromatic N) is 2.